The number of carbonyl (C=O) groups excluding carboxylic acids is 1. The third-order valence-corrected chi connectivity index (χ3v) is 8.35. The maximum atomic E-state index is 13.3. The van der Waals surface area contributed by atoms with Gasteiger partial charge in [0.2, 0.25) is 0 Å². The number of aromatic nitrogens is 4. The van der Waals surface area contributed by atoms with Crippen LogP contribution in [0.25, 0.3) is 16.4 Å². The maximum absolute atomic E-state index is 13.3. The molecule has 1 aliphatic heterocycles. The van der Waals surface area contributed by atoms with Crippen molar-refractivity contribution in [2.24, 2.45) is 5.92 Å². The molecule has 1 amide bonds. The first kappa shape index (κ1) is 26.4. The first-order valence-corrected chi connectivity index (χ1v) is 14.2. The van der Waals surface area contributed by atoms with Gasteiger partial charge < -0.3 is 20.6 Å². The molecule has 0 unspecified atom stereocenters. The summed E-state index contributed by atoms with van der Waals surface area (Å²) in [5.74, 6) is 0.395. The predicted molar refractivity (Wildman–Crippen MR) is 153 cm³/mol. The van der Waals surface area contributed by atoms with Crippen molar-refractivity contribution in [3.63, 3.8) is 0 Å². The number of aliphatic hydroxyl groups is 1. The lowest BCUT2D eigenvalue weighted by Crippen LogP contribution is -2.45. The van der Waals surface area contributed by atoms with E-state index in [2.05, 4.69) is 37.6 Å². The second kappa shape index (κ2) is 10.7. The minimum atomic E-state index is -1.19. The van der Waals surface area contributed by atoms with E-state index in [1.165, 1.54) is 30.1 Å². The number of carbonyl (C=O) groups is 1. The number of rotatable bonds is 6. The lowest BCUT2D eigenvalue weighted by Gasteiger charge is -2.34. The number of piperazine rings is 1. The lowest BCUT2D eigenvalue weighted by atomic mass is 9.85. The number of nitrogens with one attached hydrogen (secondary N) is 2. The third-order valence-electron chi connectivity index (χ3n) is 8.35. The highest BCUT2D eigenvalue weighted by Crippen LogP contribution is 2.36. The largest absolute Gasteiger partial charge is 0.386 e. The summed E-state index contributed by atoms with van der Waals surface area (Å²) < 4.78 is 3.59. The molecule has 0 atom stereocenters. The van der Waals surface area contributed by atoms with Crippen molar-refractivity contribution in [1.29, 1.82) is 5.26 Å². The van der Waals surface area contributed by atoms with Gasteiger partial charge in [0, 0.05) is 55.6 Å². The first-order chi connectivity index (χ1) is 19.3. The van der Waals surface area contributed by atoms with Crippen molar-refractivity contribution in [1.82, 2.24) is 29.6 Å². The molecule has 2 fully saturated rings. The lowest BCUT2D eigenvalue weighted by molar-refractivity contribution is 0.0793. The van der Waals surface area contributed by atoms with Gasteiger partial charge in [-0.25, -0.2) is 4.52 Å². The normalized spacial score (nSPS) is 20.6. The number of hydrogen-bond acceptors (Lipinski definition) is 7. The minimum absolute atomic E-state index is 0.342. The number of fused-ring (bicyclic) bond motifs is 2. The van der Waals surface area contributed by atoms with Crippen molar-refractivity contribution in [2.75, 3.05) is 38.0 Å². The summed E-state index contributed by atoms with van der Waals surface area (Å²) in [5.41, 5.74) is 2.17. The van der Waals surface area contributed by atoms with Gasteiger partial charge in [0.1, 0.15) is 11.8 Å². The van der Waals surface area contributed by atoms with E-state index in [0.29, 0.717) is 34.1 Å². The molecule has 40 heavy (non-hydrogen) atoms. The summed E-state index contributed by atoms with van der Waals surface area (Å²) in [6.45, 7) is 9.08. The summed E-state index contributed by atoms with van der Waals surface area (Å²) in [7, 11) is 0. The van der Waals surface area contributed by atoms with E-state index in [9.17, 15) is 9.90 Å². The average Bonchev–Trinajstić information content (AvgIpc) is 3.56. The van der Waals surface area contributed by atoms with Crippen LogP contribution in [0, 0.1) is 17.2 Å². The van der Waals surface area contributed by atoms with Crippen LogP contribution in [-0.4, -0.2) is 68.0 Å². The van der Waals surface area contributed by atoms with Gasteiger partial charge in [-0.1, -0.05) is 0 Å². The monoisotopic (exact) mass is 540 g/mol. The Balaban J connectivity index is 1.22. The van der Waals surface area contributed by atoms with E-state index in [0.717, 1.165) is 55.8 Å². The van der Waals surface area contributed by atoms with Crippen LogP contribution in [0.1, 0.15) is 67.2 Å². The van der Waals surface area contributed by atoms with Crippen LogP contribution in [0.3, 0.4) is 0 Å². The van der Waals surface area contributed by atoms with E-state index >= 15 is 0 Å². The summed E-state index contributed by atoms with van der Waals surface area (Å²) in [4.78, 5) is 15.9. The van der Waals surface area contributed by atoms with Crippen molar-refractivity contribution in [3.05, 3.63) is 59.5 Å². The highest BCUT2D eigenvalue weighted by atomic mass is 16.3. The number of anilines is 1. The summed E-state index contributed by atoms with van der Waals surface area (Å²) in [5, 5.41) is 36.6. The van der Waals surface area contributed by atoms with Gasteiger partial charge in [0.25, 0.3) is 5.91 Å². The SMILES string of the molecule is CC(C)(O)c1cc2nn([C@H]3CC[C@H](CN4CCNCC4)CC3)cc2cc1NC(=O)c1ccc2cc(C#N)cnn12. The van der Waals surface area contributed by atoms with E-state index in [1.54, 1.807) is 32.0 Å². The Morgan fingerprint density at radius 2 is 1.95 bits per heavy atom. The molecular formula is C30H36N8O2. The first-order valence-electron chi connectivity index (χ1n) is 14.2. The van der Waals surface area contributed by atoms with E-state index in [1.807, 2.05) is 12.1 Å². The Hall–Kier alpha value is -3.78. The van der Waals surface area contributed by atoms with Gasteiger partial charge >= 0.3 is 0 Å². The quantitative estimate of drug-likeness (QED) is 0.341. The molecule has 4 heterocycles. The zero-order chi connectivity index (χ0) is 27.9. The number of benzene rings is 1. The van der Waals surface area contributed by atoms with Crippen molar-refractivity contribution in [3.8, 4) is 6.07 Å². The van der Waals surface area contributed by atoms with Gasteiger partial charge in [-0.2, -0.15) is 15.5 Å². The molecule has 0 spiro atoms. The van der Waals surface area contributed by atoms with Crippen molar-refractivity contribution >= 4 is 28.0 Å². The maximum Gasteiger partial charge on any atom is 0.274 e. The molecule has 0 radical (unpaired) electrons. The smallest absolute Gasteiger partial charge is 0.274 e. The highest BCUT2D eigenvalue weighted by Gasteiger charge is 2.27. The summed E-state index contributed by atoms with van der Waals surface area (Å²) in [6.07, 6.45) is 8.12. The van der Waals surface area contributed by atoms with Gasteiger partial charge in [0.05, 0.1) is 34.4 Å². The standard InChI is InChI=1S/C30H36N8O2/c1-30(2,40)25-15-26-22(14-27(25)34-29(39)28-8-7-24-13-21(16-31)17-33-38(24)28)19-37(35-26)23-5-3-20(4-6-23)18-36-11-9-32-10-12-36/h7-8,13-15,17,19-20,23,32,40H,3-6,9-12,18H2,1-2H3,(H,34,39)/t20-,23-. The molecule has 1 aliphatic carbocycles. The highest BCUT2D eigenvalue weighted by molar-refractivity contribution is 6.05. The molecule has 1 saturated carbocycles. The second-order valence-electron chi connectivity index (χ2n) is 11.7. The van der Waals surface area contributed by atoms with Gasteiger partial charge in [-0.05, 0) is 75.8 Å². The second-order valence-corrected chi connectivity index (χ2v) is 11.7. The average molecular weight is 541 g/mol. The number of hydrogen-bond donors (Lipinski definition) is 3. The molecule has 208 valence electrons. The molecule has 4 aromatic rings. The van der Waals surface area contributed by atoms with E-state index in [-0.39, 0.29) is 5.91 Å². The Labute approximate surface area is 233 Å². The molecule has 10 nitrogen and oxygen atoms in total. The number of amides is 1. The topological polar surface area (TPSA) is 124 Å². The minimum Gasteiger partial charge on any atom is -0.386 e. The van der Waals surface area contributed by atoms with Crippen LogP contribution in [0.2, 0.25) is 0 Å². The van der Waals surface area contributed by atoms with Gasteiger partial charge in [-0.3, -0.25) is 9.48 Å². The van der Waals surface area contributed by atoms with E-state index < -0.39 is 5.60 Å². The molecule has 1 aromatic carbocycles. The van der Waals surface area contributed by atoms with Crippen LogP contribution in [0.5, 0.6) is 0 Å². The Morgan fingerprint density at radius 1 is 1.18 bits per heavy atom. The Kier molecular flexibility index (Phi) is 7.04. The Bertz CT molecular complexity index is 1580. The molecule has 0 bridgehead atoms. The van der Waals surface area contributed by atoms with Crippen LogP contribution in [0.15, 0.2) is 42.7 Å². The van der Waals surface area contributed by atoms with Crippen molar-refractivity contribution < 1.29 is 9.90 Å². The van der Waals surface area contributed by atoms with Gasteiger partial charge in [0.15, 0.2) is 0 Å². The number of nitrogens with zero attached hydrogens (tertiary/aromatic N) is 6. The zero-order valence-corrected chi connectivity index (χ0v) is 23.1. The fourth-order valence-electron chi connectivity index (χ4n) is 6.16. The zero-order valence-electron chi connectivity index (χ0n) is 23.1. The summed E-state index contributed by atoms with van der Waals surface area (Å²) >= 11 is 0. The molecule has 10 heteroatoms. The molecule has 3 aromatic heterocycles. The van der Waals surface area contributed by atoms with Crippen LogP contribution in [0.4, 0.5) is 5.69 Å². The van der Waals surface area contributed by atoms with Crippen LogP contribution < -0.4 is 10.6 Å². The molecule has 6 rings (SSSR count). The fourth-order valence-corrected chi connectivity index (χ4v) is 6.16. The van der Waals surface area contributed by atoms with E-state index in [4.69, 9.17) is 10.4 Å². The molecule has 2 aliphatic rings. The fraction of sp³-hybridized carbons (Fsp3) is 0.467. The number of nitriles is 1. The molecule has 1 saturated heterocycles. The predicted octanol–water partition coefficient (Wildman–Crippen LogP) is 3.67. The van der Waals surface area contributed by atoms with Gasteiger partial charge in [-0.15, -0.1) is 0 Å². The van der Waals surface area contributed by atoms with Crippen molar-refractivity contribution in [2.45, 2.75) is 51.2 Å². The Morgan fingerprint density at radius 3 is 2.67 bits per heavy atom. The molecule has 3 N–H and O–H groups in total. The van der Waals surface area contributed by atoms with Crippen LogP contribution in [-0.2, 0) is 5.60 Å². The third kappa shape index (κ3) is 5.32. The summed E-state index contributed by atoms with van der Waals surface area (Å²) in [6, 6.07) is 11.3. The molecular weight excluding hydrogens is 504 g/mol. The van der Waals surface area contributed by atoms with Crippen LogP contribution >= 0.6 is 0 Å².